The lowest BCUT2D eigenvalue weighted by molar-refractivity contribution is -0.123. The number of hydrogen-bond acceptors (Lipinski definition) is 3. The Bertz CT molecular complexity index is 718. The minimum Gasteiger partial charge on any atom is -0.484 e. The zero-order chi connectivity index (χ0) is 16.8. The van der Waals surface area contributed by atoms with Crippen LogP contribution in [-0.4, -0.2) is 18.4 Å². The van der Waals surface area contributed by atoms with Crippen LogP contribution in [-0.2, 0) is 4.79 Å². The molecule has 120 valence electrons. The maximum atomic E-state index is 11.9. The number of carbonyl (C=O) groups excluding carboxylic acids is 2. The lowest BCUT2D eigenvalue weighted by atomic mass is 10.2. The van der Waals surface area contributed by atoms with Crippen LogP contribution >= 0.6 is 23.2 Å². The summed E-state index contributed by atoms with van der Waals surface area (Å²) in [6, 6.07) is 11.7. The molecule has 0 heterocycles. The van der Waals surface area contributed by atoms with Gasteiger partial charge in [0.1, 0.15) is 5.75 Å². The highest BCUT2D eigenvalue weighted by molar-refractivity contribution is 6.36. The van der Waals surface area contributed by atoms with Crippen LogP contribution in [0.15, 0.2) is 42.5 Å². The molecule has 5 nitrogen and oxygen atoms in total. The second kappa shape index (κ2) is 7.85. The van der Waals surface area contributed by atoms with Crippen LogP contribution in [0.4, 0.5) is 0 Å². The zero-order valence-electron chi connectivity index (χ0n) is 12.2. The van der Waals surface area contributed by atoms with Gasteiger partial charge in [-0.2, -0.15) is 0 Å². The standard InChI is InChI=1S/C16H14Cl2N2O3/c1-10-2-5-12(6-3-10)23-9-15(21)19-20-16(22)13-7-4-11(17)8-14(13)18/h2-8H,9H2,1H3,(H,19,21)(H,20,22). The van der Waals surface area contributed by atoms with Crippen molar-refractivity contribution in [3.63, 3.8) is 0 Å². The van der Waals surface area contributed by atoms with E-state index in [9.17, 15) is 9.59 Å². The lowest BCUT2D eigenvalue weighted by Gasteiger charge is -2.10. The maximum absolute atomic E-state index is 11.9. The van der Waals surface area contributed by atoms with Gasteiger partial charge in [-0.15, -0.1) is 0 Å². The number of ether oxygens (including phenoxy) is 1. The number of rotatable bonds is 4. The van der Waals surface area contributed by atoms with E-state index >= 15 is 0 Å². The fourth-order valence-corrected chi connectivity index (χ4v) is 2.18. The lowest BCUT2D eigenvalue weighted by Crippen LogP contribution is -2.43. The van der Waals surface area contributed by atoms with Gasteiger partial charge in [-0.25, -0.2) is 0 Å². The first-order valence-electron chi connectivity index (χ1n) is 6.69. The van der Waals surface area contributed by atoms with E-state index in [4.69, 9.17) is 27.9 Å². The van der Waals surface area contributed by atoms with E-state index < -0.39 is 11.8 Å². The molecular formula is C16H14Cl2N2O3. The molecule has 2 amide bonds. The number of aryl methyl sites for hydroxylation is 1. The quantitative estimate of drug-likeness (QED) is 0.830. The predicted molar refractivity (Wildman–Crippen MR) is 88.7 cm³/mol. The number of amides is 2. The summed E-state index contributed by atoms with van der Waals surface area (Å²) in [6.45, 7) is 1.73. The molecule has 0 saturated heterocycles. The Morgan fingerprint density at radius 3 is 2.39 bits per heavy atom. The van der Waals surface area contributed by atoms with E-state index in [0.29, 0.717) is 10.8 Å². The first kappa shape index (κ1) is 17.1. The molecule has 0 bridgehead atoms. The summed E-state index contributed by atoms with van der Waals surface area (Å²) in [7, 11) is 0. The molecule has 0 atom stereocenters. The molecule has 0 aliphatic carbocycles. The third-order valence-electron chi connectivity index (χ3n) is 2.88. The molecule has 2 aromatic rings. The van der Waals surface area contributed by atoms with Crippen LogP contribution in [0.1, 0.15) is 15.9 Å². The molecule has 2 N–H and O–H groups in total. The second-order valence-electron chi connectivity index (χ2n) is 4.73. The van der Waals surface area contributed by atoms with Crippen molar-refractivity contribution in [2.45, 2.75) is 6.92 Å². The summed E-state index contributed by atoms with van der Waals surface area (Å²) in [5.41, 5.74) is 5.80. The summed E-state index contributed by atoms with van der Waals surface area (Å²) < 4.78 is 5.29. The van der Waals surface area contributed by atoms with Crippen molar-refractivity contribution in [1.82, 2.24) is 10.9 Å². The monoisotopic (exact) mass is 352 g/mol. The van der Waals surface area contributed by atoms with Gasteiger partial charge in [-0.1, -0.05) is 40.9 Å². The number of nitrogens with one attached hydrogen (secondary N) is 2. The topological polar surface area (TPSA) is 67.4 Å². The van der Waals surface area contributed by atoms with E-state index in [2.05, 4.69) is 10.9 Å². The van der Waals surface area contributed by atoms with Gasteiger partial charge in [0, 0.05) is 5.02 Å². The highest BCUT2D eigenvalue weighted by atomic mass is 35.5. The van der Waals surface area contributed by atoms with Gasteiger partial charge in [0.25, 0.3) is 11.8 Å². The van der Waals surface area contributed by atoms with Crippen molar-refractivity contribution < 1.29 is 14.3 Å². The molecule has 0 aliphatic rings. The molecule has 0 radical (unpaired) electrons. The van der Waals surface area contributed by atoms with Gasteiger partial charge >= 0.3 is 0 Å². The third-order valence-corrected chi connectivity index (χ3v) is 3.43. The zero-order valence-corrected chi connectivity index (χ0v) is 13.7. The van der Waals surface area contributed by atoms with Gasteiger partial charge in [-0.05, 0) is 37.3 Å². The molecule has 7 heteroatoms. The number of hydrazine groups is 1. The van der Waals surface area contributed by atoms with Crippen molar-refractivity contribution in [3.05, 3.63) is 63.6 Å². The Morgan fingerprint density at radius 2 is 1.74 bits per heavy atom. The fraction of sp³-hybridized carbons (Fsp3) is 0.125. The number of halogens is 2. The molecule has 23 heavy (non-hydrogen) atoms. The first-order valence-corrected chi connectivity index (χ1v) is 7.45. The highest BCUT2D eigenvalue weighted by Gasteiger charge is 2.11. The molecule has 0 aliphatic heterocycles. The van der Waals surface area contributed by atoms with E-state index in [1.807, 2.05) is 19.1 Å². The fourth-order valence-electron chi connectivity index (χ4n) is 1.69. The van der Waals surface area contributed by atoms with Crippen LogP contribution in [0, 0.1) is 6.92 Å². The van der Waals surface area contributed by atoms with E-state index in [-0.39, 0.29) is 17.2 Å². The van der Waals surface area contributed by atoms with Crippen molar-refractivity contribution in [2.24, 2.45) is 0 Å². The van der Waals surface area contributed by atoms with Gasteiger partial charge in [0.15, 0.2) is 6.61 Å². The first-order chi connectivity index (χ1) is 11.0. The molecule has 0 unspecified atom stereocenters. The van der Waals surface area contributed by atoms with E-state index in [1.54, 1.807) is 12.1 Å². The summed E-state index contributed by atoms with van der Waals surface area (Å²) in [5, 5.41) is 0.613. The Hall–Kier alpha value is -2.24. The minimum atomic E-state index is -0.546. The molecular weight excluding hydrogens is 339 g/mol. The van der Waals surface area contributed by atoms with Crippen LogP contribution in [0.5, 0.6) is 5.75 Å². The van der Waals surface area contributed by atoms with Crippen molar-refractivity contribution in [3.8, 4) is 5.75 Å². The SMILES string of the molecule is Cc1ccc(OCC(=O)NNC(=O)c2ccc(Cl)cc2Cl)cc1. The van der Waals surface area contributed by atoms with Crippen LogP contribution < -0.4 is 15.6 Å². The van der Waals surface area contributed by atoms with Crippen molar-refractivity contribution >= 4 is 35.0 Å². The molecule has 0 spiro atoms. The van der Waals surface area contributed by atoms with E-state index in [1.165, 1.54) is 18.2 Å². The maximum Gasteiger partial charge on any atom is 0.276 e. The van der Waals surface area contributed by atoms with Crippen LogP contribution in [0.3, 0.4) is 0 Å². The normalized spacial score (nSPS) is 10.0. The van der Waals surface area contributed by atoms with Gasteiger partial charge < -0.3 is 4.74 Å². The summed E-state index contributed by atoms with van der Waals surface area (Å²) in [5.74, 6) is -0.475. The minimum absolute atomic E-state index is 0.195. The van der Waals surface area contributed by atoms with Crippen molar-refractivity contribution in [2.75, 3.05) is 6.61 Å². The Balaban J connectivity index is 1.81. The molecule has 0 aromatic heterocycles. The Labute approximate surface area is 143 Å². The summed E-state index contributed by atoms with van der Waals surface area (Å²) in [4.78, 5) is 23.6. The largest absolute Gasteiger partial charge is 0.484 e. The third kappa shape index (κ3) is 5.16. The second-order valence-corrected chi connectivity index (χ2v) is 5.57. The molecule has 2 aromatic carbocycles. The predicted octanol–water partition coefficient (Wildman–Crippen LogP) is 3.14. The van der Waals surface area contributed by atoms with Gasteiger partial charge in [0.2, 0.25) is 0 Å². The molecule has 0 fully saturated rings. The number of benzene rings is 2. The van der Waals surface area contributed by atoms with E-state index in [0.717, 1.165) is 5.56 Å². The highest BCUT2D eigenvalue weighted by Crippen LogP contribution is 2.20. The molecule has 0 saturated carbocycles. The summed E-state index contributed by atoms with van der Waals surface area (Å²) >= 11 is 11.7. The number of carbonyl (C=O) groups is 2. The van der Waals surface area contributed by atoms with Crippen LogP contribution in [0.2, 0.25) is 10.0 Å². The smallest absolute Gasteiger partial charge is 0.276 e. The summed E-state index contributed by atoms with van der Waals surface area (Å²) in [6.07, 6.45) is 0. The average molecular weight is 353 g/mol. The average Bonchev–Trinajstić information content (AvgIpc) is 2.52. The van der Waals surface area contributed by atoms with Crippen molar-refractivity contribution in [1.29, 1.82) is 0 Å². The Morgan fingerprint density at radius 1 is 1.04 bits per heavy atom. The molecule has 2 rings (SSSR count). The number of hydrogen-bond donors (Lipinski definition) is 2. The van der Waals surface area contributed by atoms with Gasteiger partial charge in [0.05, 0.1) is 10.6 Å². The van der Waals surface area contributed by atoms with Crippen LogP contribution in [0.25, 0.3) is 0 Å². The van der Waals surface area contributed by atoms with Gasteiger partial charge in [-0.3, -0.25) is 20.4 Å². The Kier molecular flexibility index (Phi) is 5.84.